The second-order valence-corrected chi connectivity index (χ2v) is 4.90. The molecule has 0 amide bonds. The van der Waals surface area contributed by atoms with E-state index in [1.54, 1.807) is 0 Å². The molecule has 2 nitrogen and oxygen atoms in total. The van der Waals surface area contributed by atoms with Gasteiger partial charge in [-0.25, -0.2) is 0 Å². The van der Waals surface area contributed by atoms with Crippen molar-refractivity contribution >= 4 is 0 Å². The van der Waals surface area contributed by atoms with Gasteiger partial charge in [-0.2, -0.15) is 0 Å². The van der Waals surface area contributed by atoms with Crippen LogP contribution in [0.3, 0.4) is 0 Å². The van der Waals surface area contributed by atoms with Crippen molar-refractivity contribution in [1.29, 1.82) is 0 Å². The average Bonchev–Trinajstić information content (AvgIpc) is 2.40. The molecule has 2 heteroatoms. The van der Waals surface area contributed by atoms with Crippen LogP contribution < -0.4 is 0 Å². The second-order valence-electron chi connectivity index (χ2n) is 4.90. The van der Waals surface area contributed by atoms with Crippen LogP contribution in [0.2, 0.25) is 0 Å². The molecule has 1 aromatic carbocycles. The molecule has 1 N–H and O–H groups in total. The molecule has 0 aliphatic rings. The largest absolute Gasteiger partial charge is 0.395 e. The van der Waals surface area contributed by atoms with E-state index >= 15 is 0 Å². The van der Waals surface area contributed by atoms with Gasteiger partial charge in [-0.15, -0.1) is 0 Å². The van der Waals surface area contributed by atoms with Crippen molar-refractivity contribution in [3.8, 4) is 0 Å². The number of unbranched alkanes of at least 4 members (excludes halogenated alkanes) is 4. The summed E-state index contributed by atoms with van der Waals surface area (Å²) in [5.41, 5.74) is 1.33. The number of aliphatic hydroxyl groups excluding tert-OH is 1. The molecule has 0 saturated carbocycles. The summed E-state index contributed by atoms with van der Waals surface area (Å²) in [7, 11) is 0. The Morgan fingerprint density at radius 3 is 2.33 bits per heavy atom. The number of rotatable bonds is 10. The van der Waals surface area contributed by atoms with E-state index in [2.05, 4.69) is 36.1 Å². The third-order valence-electron chi connectivity index (χ3n) is 3.24. The quantitative estimate of drug-likeness (QED) is 0.642. The SMILES string of the molecule is CCCCCCCN(CCO)Cc1ccccc1. The Kier molecular flexibility index (Phi) is 8.53. The molecule has 0 unspecified atom stereocenters. The van der Waals surface area contributed by atoms with E-state index in [0.717, 1.165) is 19.6 Å². The molecule has 102 valence electrons. The molecule has 1 aromatic rings. The molecule has 0 saturated heterocycles. The zero-order chi connectivity index (χ0) is 13.1. The summed E-state index contributed by atoms with van der Waals surface area (Å²) >= 11 is 0. The molecule has 0 spiro atoms. The first-order valence-electron chi connectivity index (χ1n) is 7.24. The lowest BCUT2D eigenvalue weighted by molar-refractivity contribution is 0.187. The Labute approximate surface area is 112 Å². The van der Waals surface area contributed by atoms with Crippen LogP contribution in [0.4, 0.5) is 0 Å². The number of benzene rings is 1. The number of aliphatic hydroxyl groups is 1. The Morgan fingerprint density at radius 2 is 1.67 bits per heavy atom. The van der Waals surface area contributed by atoms with E-state index in [9.17, 15) is 0 Å². The van der Waals surface area contributed by atoms with Crippen molar-refractivity contribution in [2.24, 2.45) is 0 Å². The van der Waals surface area contributed by atoms with Gasteiger partial charge in [-0.05, 0) is 18.5 Å². The summed E-state index contributed by atoms with van der Waals surface area (Å²) in [6.07, 6.45) is 6.54. The molecule has 0 radical (unpaired) electrons. The number of nitrogens with zero attached hydrogens (tertiary/aromatic N) is 1. The highest BCUT2D eigenvalue weighted by molar-refractivity contribution is 5.14. The Morgan fingerprint density at radius 1 is 0.944 bits per heavy atom. The lowest BCUT2D eigenvalue weighted by Crippen LogP contribution is -2.27. The van der Waals surface area contributed by atoms with E-state index in [1.165, 1.54) is 37.7 Å². The second kappa shape index (κ2) is 10.1. The Bertz CT molecular complexity index is 286. The summed E-state index contributed by atoms with van der Waals surface area (Å²) in [5.74, 6) is 0. The first-order chi connectivity index (χ1) is 8.86. The predicted octanol–water partition coefficient (Wildman–Crippen LogP) is 3.45. The lowest BCUT2D eigenvalue weighted by atomic mass is 10.1. The summed E-state index contributed by atoms with van der Waals surface area (Å²) in [5, 5.41) is 9.11. The zero-order valence-electron chi connectivity index (χ0n) is 11.6. The van der Waals surface area contributed by atoms with Gasteiger partial charge in [0.25, 0.3) is 0 Å². The zero-order valence-corrected chi connectivity index (χ0v) is 11.6. The van der Waals surface area contributed by atoms with Crippen LogP contribution in [0.1, 0.15) is 44.6 Å². The van der Waals surface area contributed by atoms with Crippen LogP contribution in [-0.4, -0.2) is 29.7 Å². The van der Waals surface area contributed by atoms with Crippen molar-refractivity contribution < 1.29 is 5.11 Å². The highest BCUT2D eigenvalue weighted by Crippen LogP contribution is 2.07. The first-order valence-corrected chi connectivity index (χ1v) is 7.24. The van der Waals surface area contributed by atoms with Crippen molar-refractivity contribution in [3.05, 3.63) is 35.9 Å². The fourth-order valence-electron chi connectivity index (χ4n) is 2.19. The molecule has 0 aromatic heterocycles. The van der Waals surface area contributed by atoms with Gasteiger partial charge in [0.2, 0.25) is 0 Å². The molecule has 0 heterocycles. The molecular weight excluding hydrogens is 222 g/mol. The van der Waals surface area contributed by atoms with E-state index in [4.69, 9.17) is 5.11 Å². The van der Waals surface area contributed by atoms with Crippen LogP contribution in [0.15, 0.2) is 30.3 Å². The van der Waals surface area contributed by atoms with Crippen LogP contribution in [0, 0.1) is 0 Å². The summed E-state index contributed by atoms with van der Waals surface area (Å²) in [6, 6.07) is 10.5. The van der Waals surface area contributed by atoms with E-state index in [-0.39, 0.29) is 6.61 Å². The highest BCUT2D eigenvalue weighted by atomic mass is 16.3. The molecule has 0 aliphatic carbocycles. The normalized spacial score (nSPS) is 11.1. The standard InChI is InChI=1S/C16H27NO/c1-2-3-4-5-9-12-17(13-14-18)15-16-10-7-6-8-11-16/h6-8,10-11,18H,2-5,9,12-15H2,1H3. The molecule has 0 aliphatic heterocycles. The van der Waals surface area contributed by atoms with Crippen molar-refractivity contribution in [1.82, 2.24) is 4.90 Å². The number of hydrogen-bond acceptors (Lipinski definition) is 2. The minimum absolute atomic E-state index is 0.252. The molecule has 1 rings (SSSR count). The van der Waals surface area contributed by atoms with Crippen LogP contribution in [-0.2, 0) is 6.54 Å². The minimum Gasteiger partial charge on any atom is -0.395 e. The summed E-state index contributed by atoms with van der Waals surface area (Å²) in [6.45, 7) is 5.33. The van der Waals surface area contributed by atoms with Crippen LogP contribution in [0.25, 0.3) is 0 Å². The van der Waals surface area contributed by atoms with E-state index in [1.807, 2.05) is 6.07 Å². The molecule has 0 fully saturated rings. The van der Waals surface area contributed by atoms with Crippen LogP contribution in [0.5, 0.6) is 0 Å². The van der Waals surface area contributed by atoms with Gasteiger partial charge in [-0.3, -0.25) is 4.90 Å². The molecule has 0 bridgehead atoms. The molecule has 0 atom stereocenters. The fraction of sp³-hybridized carbons (Fsp3) is 0.625. The minimum atomic E-state index is 0.252. The van der Waals surface area contributed by atoms with Gasteiger partial charge in [-0.1, -0.05) is 62.9 Å². The Hall–Kier alpha value is -0.860. The predicted molar refractivity (Wildman–Crippen MR) is 77.6 cm³/mol. The summed E-state index contributed by atoms with van der Waals surface area (Å²) < 4.78 is 0. The Balaban J connectivity index is 2.26. The van der Waals surface area contributed by atoms with Crippen molar-refractivity contribution in [3.63, 3.8) is 0 Å². The first kappa shape index (κ1) is 15.2. The lowest BCUT2D eigenvalue weighted by Gasteiger charge is -2.21. The third kappa shape index (κ3) is 6.77. The maximum Gasteiger partial charge on any atom is 0.0558 e. The van der Waals surface area contributed by atoms with Crippen molar-refractivity contribution in [2.45, 2.75) is 45.6 Å². The summed E-state index contributed by atoms with van der Waals surface area (Å²) in [4.78, 5) is 2.35. The highest BCUT2D eigenvalue weighted by Gasteiger charge is 2.04. The van der Waals surface area contributed by atoms with Gasteiger partial charge in [0.05, 0.1) is 6.61 Å². The van der Waals surface area contributed by atoms with Crippen LogP contribution >= 0.6 is 0 Å². The van der Waals surface area contributed by atoms with Crippen molar-refractivity contribution in [2.75, 3.05) is 19.7 Å². The smallest absolute Gasteiger partial charge is 0.0558 e. The maximum absolute atomic E-state index is 9.11. The van der Waals surface area contributed by atoms with Gasteiger partial charge >= 0.3 is 0 Å². The topological polar surface area (TPSA) is 23.5 Å². The number of hydrogen-bond donors (Lipinski definition) is 1. The van der Waals surface area contributed by atoms with Gasteiger partial charge in [0.1, 0.15) is 0 Å². The van der Waals surface area contributed by atoms with E-state index in [0.29, 0.717) is 0 Å². The fourth-order valence-corrected chi connectivity index (χ4v) is 2.19. The third-order valence-corrected chi connectivity index (χ3v) is 3.24. The van der Waals surface area contributed by atoms with Gasteiger partial charge in [0, 0.05) is 13.1 Å². The van der Waals surface area contributed by atoms with E-state index < -0.39 is 0 Å². The maximum atomic E-state index is 9.11. The molecule has 18 heavy (non-hydrogen) atoms. The average molecular weight is 249 g/mol. The van der Waals surface area contributed by atoms with Gasteiger partial charge in [0.15, 0.2) is 0 Å². The van der Waals surface area contributed by atoms with Gasteiger partial charge < -0.3 is 5.11 Å². The molecular formula is C16H27NO. The monoisotopic (exact) mass is 249 g/mol.